The van der Waals surface area contributed by atoms with E-state index in [1.54, 1.807) is 12.1 Å². The molecule has 17 heavy (non-hydrogen) atoms. The van der Waals surface area contributed by atoms with Gasteiger partial charge in [-0.25, -0.2) is 9.37 Å². The fraction of sp³-hybridized carbons (Fsp3) is 0. The summed E-state index contributed by atoms with van der Waals surface area (Å²) in [6.07, 6.45) is 0.548. The predicted molar refractivity (Wildman–Crippen MR) is 65.0 cm³/mol. The van der Waals surface area contributed by atoms with Gasteiger partial charge in [-0.05, 0) is 30.3 Å². The minimum absolute atomic E-state index is 0.0382. The maximum absolute atomic E-state index is 13.6. The molecule has 0 N–H and O–H groups in total. The summed E-state index contributed by atoms with van der Waals surface area (Å²) in [6.45, 7) is 0. The molecule has 0 radical (unpaired) electrons. The van der Waals surface area contributed by atoms with Crippen molar-refractivity contribution in [3.05, 3.63) is 51.9 Å². The van der Waals surface area contributed by atoms with Gasteiger partial charge in [0, 0.05) is 10.6 Å². The molecule has 0 saturated carbocycles. The highest BCUT2D eigenvalue weighted by Crippen LogP contribution is 2.30. The average molecular weight is 270 g/mol. The molecular formula is C12H6Cl2FNO. The summed E-state index contributed by atoms with van der Waals surface area (Å²) in [4.78, 5) is 14.5. The van der Waals surface area contributed by atoms with Gasteiger partial charge in [0.15, 0.2) is 6.29 Å². The van der Waals surface area contributed by atoms with Crippen LogP contribution in [0.15, 0.2) is 30.3 Å². The SMILES string of the molecule is O=Cc1ccc(F)c(-c2ccc(Cl)cc2Cl)n1. The van der Waals surface area contributed by atoms with Crippen molar-refractivity contribution in [2.75, 3.05) is 0 Å². The Kier molecular flexibility index (Phi) is 3.41. The van der Waals surface area contributed by atoms with Crippen molar-refractivity contribution < 1.29 is 9.18 Å². The van der Waals surface area contributed by atoms with Gasteiger partial charge in [0.25, 0.3) is 0 Å². The number of rotatable bonds is 2. The summed E-state index contributed by atoms with van der Waals surface area (Å²) in [6, 6.07) is 7.11. The summed E-state index contributed by atoms with van der Waals surface area (Å²) >= 11 is 11.7. The molecule has 0 atom stereocenters. The summed E-state index contributed by atoms with van der Waals surface area (Å²) in [7, 11) is 0. The molecule has 0 aliphatic heterocycles. The van der Waals surface area contributed by atoms with Gasteiger partial charge in [-0.3, -0.25) is 4.79 Å². The second kappa shape index (κ2) is 4.82. The third-order valence-corrected chi connectivity index (χ3v) is 2.72. The topological polar surface area (TPSA) is 30.0 Å². The van der Waals surface area contributed by atoms with Crippen molar-refractivity contribution in [2.45, 2.75) is 0 Å². The molecule has 0 aliphatic carbocycles. The van der Waals surface area contributed by atoms with Crippen LogP contribution in [0.1, 0.15) is 10.5 Å². The first kappa shape index (κ1) is 12.0. The molecule has 0 unspecified atom stereocenters. The highest BCUT2D eigenvalue weighted by molar-refractivity contribution is 6.36. The molecular weight excluding hydrogens is 264 g/mol. The van der Waals surface area contributed by atoms with Crippen molar-refractivity contribution in [3.8, 4) is 11.3 Å². The Labute approximate surface area is 107 Å². The molecule has 2 aromatic rings. The van der Waals surface area contributed by atoms with Crippen molar-refractivity contribution in [1.82, 2.24) is 4.98 Å². The Hall–Kier alpha value is -1.45. The maximum Gasteiger partial charge on any atom is 0.168 e. The number of pyridine rings is 1. The van der Waals surface area contributed by atoms with Gasteiger partial charge >= 0.3 is 0 Å². The van der Waals surface area contributed by atoms with Crippen LogP contribution in [0, 0.1) is 5.82 Å². The smallest absolute Gasteiger partial charge is 0.168 e. The van der Waals surface area contributed by atoms with Crippen molar-refractivity contribution >= 4 is 29.5 Å². The van der Waals surface area contributed by atoms with Crippen LogP contribution >= 0.6 is 23.2 Å². The lowest BCUT2D eigenvalue weighted by molar-refractivity contribution is 0.111. The van der Waals surface area contributed by atoms with E-state index in [1.165, 1.54) is 18.2 Å². The zero-order valence-electron chi connectivity index (χ0n) is 8.45. The van der Waals surface area contributed by atoms with Gasteiger partial charge in [0.2, 0.25) is 0 Å². The van der Waals surface area contributed by atoms with Gasteiger partial charge in [-0.2, -0.15) is 0 Å². The van der Waals surface area contributed by atoms with Crippen LogP contribution in [-0.4, -0.2) is 11.3 Å². The van der Waals surface area contributed by atoms with Gasteiger partial charge in [-0.1, -0.05) is 23.2 Å². The van der Waals surface area contributed by atoms with E-state index in [1.807, 2.05) is 0 Å². The largest absolute Gasteiger partial charge is 0.296 e. The van der Waals surface area contributed by atoms with Gasteiger partial charge in [0.1, 0.15) is 17.2 Å². The third kappa shape index (κ3) is 2.46. The minimum atomic E-state index is -0.542. The second-order valence-corrected chi connectivity index (χ2v) is 4.15. The normalized spacial score (nSPS) is 10.3. The number of halogens is 3. The Bertz CT molecular complexity index is 587. The first-order valence-electron chi connectivity index (χ1n) is 4.69. The van der Waals surface area contributed by atoms with Gasteiger partial charge in [-0.15, -0.1) is 0 Å². The number of hydrogen-bond donors (Lipinski definition) is 0. The Morgan fingerprint density at radius 3 is 2.59 bits per heavy atom. The molecule has 1 aromatic carbocycles. The van der Waals surface area contributed by atoms with E-state index >= 15 is 0 Å². The van der Waals surface area contributed by atoms with Crippen molar-refractivity contribution in [3.63, 3.8) is 0 Å². The van der Waals surface area contributed by atoms with Gasteiger partial charge < -0.3 is 0 Å². The first-order chi connectivity index (χ1) is 8.11. The standard InChI is InChI=1S/C12H6Cl2FNO/c13-7-1-3-9(10(14)5-7)12-11(15)4-2-8(6-17)16-12/h1-6H. The van der Waals surface area contributed by atoms with E-state index in [9.17, 15) is 9.18 Å². The number of benzene rings is 1. The summed E-state index contributed by atoms with van der Waals surface area (Å²) < 4.78 is 13.6. The predicted octanol–water partition coefficient (Wildman–Crippen LogP) is 4.01. The van der Waals surface area contributed by atoms with Gasteiger partial charge in [0.05, 0.1) is 5.02 Å². The maximum atomic E-state index is 13.6. The lowest BCUT2D eigenvalue weighted by Gasteiger charge is -2.05. The molecule has 2 nitrogen and oxygen atoms in total. The third-order valence-electron chi connectivity index (χ3n) is 2.17. The van der Waals surface area contributed by atoms with E-state index < -0.39 is 5.82 Å². The Balaban J connectivity index is 2.63. The van der Waals surface area contributed by atoms with Crippen LogP contribution in [0.4, 0.5) is 4.39 Å². The molecule has 1 aromatic heterocycles. The molecule has 0 amide bonds. The van der Waals surface area contributed by atoms with Crippen LogP contribution < -0.4 is 0 Å². The fourth-order valence-corrected chi connectivity index (χ4v) is 1.89. The van der Waals surface area contributed by atoms with Crippen LogP contribution in [0.3, 0.4) is 0 Å². The number of carbonyl (C=O) groups excluding carboxylic acids is 1. The molecule has 0 aliphatic rings. The Morgan fingerprint density at radius 1 is 1.18 bits per heavy atom. The molecule has 86 valence electrons. The zero-order chi connectivity index (χ0) is 12.4. The fourth-order valence-electron chi connectivity index (χ4n) is 1.39. The molecule has 0 fully saturated rings. The monoisotopic (exact) mass is 269 g/mol. The van der Waals surface area contributed by atoms with Crippen molar-refractivity contribution in [2.24, 2.45) is 0 Å². The highest BCUT2D eigenvalue weighted by Gasteiger charge is 2.11. The average Bonchev–Trinajstić information content (AvgIpc) is 2.30. The summed E-state index contributed by atoms with van der Waals surface area (Å²) in [5, 5.41) is 0.734. The lowest BCUT2D eigenvalue weighted by atomic mass is 10.1. The first-order valence-corrected chi connectivity index (χ1v) is 5.44. The Morgan fingerprint density at radius 2 is 1.94 bits per heavy atom. The quantitative estimate of drug-likeness (QED) is 0.772. The number of aromatic nitrogens is 1. The van der Waals surface area contributed by atoms with E-state index in [-0.39, 0.29) is 16.4 Å². The summed E-state index contributed by atoms with van der Waals surface area (Å²) in [5.74, 6) is -0.542. The van der Waals surface area contributed by atoms with E-state index in [0.29, 0.717) is 16.9 Å². The molecule has 0 saturated heterocycles. The van der Waals surface area contributed by atoms with Crippen LogP contribution in [0.5, 0.6) is 0 Å². The van der Waals surface area contributed by atoms with Crippen LogP contribution in [0.25, 0.3) is 11.3 Å². The number of carbonyl (C=O) groups is 1. The van der Waals surface area contributed by atoms with E-state index in [0.717, 1.165) is 0 Å². The highest BCUT2D eigenvalue weighted by atomic mass is 35.5. The second-order valence-electron chi connectivity index (χ2n) is 3.31. The minimum Gasteiger partial charge on any atom is -0.296 e. The van der Waals surface area contributed by atoms with Crippen molar-refractivity contribution in [1.29, 1.82) is 0 Å². The molecule has 0 bridgehead atoms. The summed E-state index contributed by atoms with van der Waals surface area (Å²) in [5.41, 5.74) is 0.584. The van der Waals surface area contributed by atoms with Crippen LogP contribution in [-0.2, 0) is 0 Å². The number of aldehydes is 1. The molecule has 0 spiro atoms. The van der Waals surface area contributed by atoms with E-state index in [4.69, 9.17) is 23.2 Å². The van der Waals surface area contributed by atoms with Crippen LogP contribution in [0.2, 0.25) is 10.0 Å². The van der Waals surface area contributed by atoms with E-state index in [2.05, 4.69) is 4.98 Å². The number of nitrogens with zero attached hydrogens (tertiary/aromatic N) is 1. The zero-order valence-corrected chi connectivity index (χ0v) is 9.97. The number of hydrogen-bond acceptors (Lipinski definition) is 2. The molecule has 5 heteroatoms. The lowest BCUT2D eigenvalue weighted by Crippen LogP contribution is -1.94. The molecule has 2 rings (SSSR count). The molecule has 1 heterocycles.